The second kappa shape index (κ2) is 28.7. The Bertz CT molecular complexity index is 2940. The Kier molecular flexibility index (Phi) is 20.8. The predicted octanol–water partition coefficient (Wildman–Crippen LogP) is 7.87. The first kappa shape index (κ1) is 56.6. The van der Waals surface area contributed by atoms with E-state index in [2.05, 4.69) is 12.1 Å². The largest absolute Gasteiger partial charge is 0.491 e. The Hall–Kier alpha value is -6.12. The summed E-state index contributed by atoms with van der Waals surface area (Å²) in [5.41, 5.74) is 7.11. The summed E-state index contributed by atoms with van der Waals surface area (Å²) in [4.78, 5) is 17.0. The van der Waals surface area contributed by atoms with E-state index in [1.165, 1.54) is 6.07 Å². The molecule has 0 aromatic heterocycles. The Morgan fingerprint density at radius 1 is 0.359 bits per heavy atom. The quantitative estimate of drug-likeness (QED) is 0.168. The minimum absolute atomic E-state index is 0.0165. The van der Waals surface area contributed by atoms with Crippen LogP contribution in [0.4, 0.5) is 5.69 Å². The Labute approximate surface area is 457 Å². The molecule has 6 aromatic carbocycles. The average Bonchev–Trinajstić information content (AvgIpc) is 3.44. The number of rotatable bonds is 3. The van der Waals surface area contributed by atoms with Gasteiger partial charge in [-0.1, -0.05) is 78.9 Å². The summed E-state index contributed by atoms with van der Waals surface area (Å²) in [6.45, 7) is 6.53. The lowest BCUT2D eigenvalue weighted by molar-refractivity contribution is -0.00706. The number of benzene rings is 6. The molecule has 78 heavy (non-hydrogen) atoms. The lowest BCUT2D eigenvalue weighted by Crippen LogP contribution is -2.18. The van der Waals surface area contributed by atoms with Crippen LogP contribution >= 0.6 is 0 Å². The van der Waals surface area contributed by atoms with Gasteiger partial charge in [0.15, 0.2) is 0 Å². The second-order valence-electron chi connectivity index (χ2n) is 19.2. The van der Waals surface area contributed by atoms with Crippen molar-refractivity contribution in [3.8, 4) is 23.0 Å². The van der Waals surface area contributed by atoms with Gasteiger partial charge in [0.05, 0.1) is 111 Å². The van der Waals surface area contributed by atoms with Gasteiger partial charge in [0.2, 0.25) is 9.84 Å². The van der Waals surface area contributed by atoms with Gasteiger partial charge in [-0.3, -0.25) is 4.79 Å². The van der Waals surface area contributed by atoms with Crippen LogP contribution in [0.2, 0.25) is 0 Å². The van der Waals surface area contributed by atoms with E-state index in [9.17, 15) is 0 Å². The van der Waals surface area contributed by atoms with E-state index in [1.807, 2.05) is 73.6 Å². The first-order valence-electron chi connectivity index (χ1n) is 26.9. The van der Waals surface area contributed by atoms with Crippen LogP contribution in [-0.2, 0) is 73.4 Å². The first-order valence-corrected chi connectivity index (χ1v) is 28.3. The molecule has 6 aromatic rings. The third kappa shape index (κ3) is 14.8. The highest BCUT2D eigenvalue weighted by Crippen LogP contribution is 2.41. The van der Waals surface area contributed by atoms with Gasteiger partial charge in [0.25, 0.3) is 5.12 Å². The molecule has 9 rings (SSSR count). The summed E-state index contributed by atoms with van der Waals surface area (Å²) in [5, 5.41) is 0.105. The van der Waals surface area contributed by atoms with Gasteiger partial charge in [-0.2, -0.15) is 0 Å². The molecule has 2 aliphatic heterocycles. The van der Waals surface area contributed by atoms with Crippen LogP contribution < -0.4 is 23.8 Å². The average molecular weight is 1090 g/mol. The molecule has 0 atom stereocenters. The molecule has 0 N–H and O–H groups in total. The normalized spacial score (nSPS) is 17.6. The van der Waals surface area contributed by atoms with E-state index in [-0.39, 0.29) is 69.5 Å². The molecule has 0 amide bonds. The number of anilines is 1. The van der Waals surface area contributed by atoms with Gasteiger partial charge in [-0.15, -0.1) is 0 Å². The van der Waals surface area contributed by atoms with Gasteiger partial charge < -0.3 is 61.7 Å². The van der Waals surface area contributed by atoms with Crippen molar-refractivity contribution in [2.75, 3.05) is 151 Å². The van der Waals surface area contributed by atoms with Crippen LogP contribution in [0.3, 0.4) is 0 Å². The SMILES string of the molecule is CN(C)c1cccc2c(S(=O)(=O)C(=O)c3cc4c5c(c3)Cc3cccc6c3OCCOCCOCCOCCOCCOc3c(cccc3C4)Cc3cccc(c3OCCOCCOCCOCCOCCO5)C6)cccc12. The Morgan fingerprint density at radius 3 is 0.987 bits per heavy atom. The molecule has 0 saturated carbocycles. The standard InChI is InChI=1S/C61H71NO15S/c1-62(2)55-16-6-15-54-53(55)14-7-17-56(54)78(64,65)61(63)52-42-50-40-48-12-4-10-46-38-44-8-3-9-45-39-47-11-5-13-49(59(47)76-36-32-72-28-24-68-19-18-67-23-27-71-31-35-75-58(46)48)41-51(43-52)60(50)77-37-33-73-29-25-69-21-20-66-22-26-70-30-34-74-57(44)45/h3-17,42-43H,18-41H2,1-2H3. The molecular formula is C61H71NO15S. The summed E-state index contributed by atoms with van der Waals surface area (Å²) in [6, 6.07) is 32.0. The molecule has 0 unspecified atom stereocenters. The summed E-state index contributed by atoms with van der Waals surface area (Å²) in [7, 11) is -0.858. The van der Waals surface area contributed by atoms with Crippen molar-refractivity contribution in [1.82, 2.24) is 0 Å². The highest BCUT2D eigenvalue weighted by Gasteiger charge is 2.31. The first-order chi connectivity index (χ1) is 38.3. The molecule has 2 heterocycles. The van der Waals surface area contributed by atoms with Gasteiger partial charge in [-0.25, -0.2) is 8.42 Å². The molecule has 16 nitrogen and oxygen atoms in total. The zero-order chi connectivity index (χ0) is 53.9. The van der Waals surface area contributed by atoms with E-state index in [0.717, 1.165) is 44.8 Å². The number of hydrogen-bond acceptors (Lipinski definition) is 16. The van der Waals surface area contributed by atoms with Gasteiger partial charge in [0.1, 0.15) is 49.4 Å². The maximum Gasteiger partial charge on any atom is 0.281 e. The van der Waals surface area contributed by atoms with Crippen molar-refractivity contribution in [1.29, 1.82) is 0 Å². The molecule has 0 spiro atoms. The summed E-state index contributed by atoms with van der Waals surface area (Å²) < 4.78 is 104. The summed E-state index contributed by atoms with van der Waals surface area (Å²) >= 11 is 0. The highest BCUT2D eigenvalue weighted by molar-refractivity contribution is 8.06. The van der Waals surface area contributed by atoms with Crippen LogP contribution in [0.15, 0.2) is 108 Å². The minimum Gasteiger partial charge on any atom is -0.491 e. The molecule has 416 valence electrons. The third-order valence-electron chi connectivity index (χ3n) is 13.5. The fourth-order valence-electron chi connectivity index (χ4n) is 9.92. The number of ether oxygens (including phenoxy) is 12. The van der Waals surface area contributed by atoms with Crippen LogP contribution in [0.5, 0.6) is 23.0 Å². The Morgan fingerprint density at radius 2 is 0.641 bits per heavy atom. The topological polar surface area (TPSA) is 165 Å². The zero-order valence-corrected chi connectivity index (χ0v) is 45.6. The number of nitrogens with zero attached hydrogens (tertiary/aromatic N) is 1. The molecule has 0 fully saturated rings. The summed E-state index contributed by atoms with van der Waals surface area (Å²) in [5.74, 6) is 2.45. The monoisotopic (exact) mass is 1090 g/mol. The van der Waals surface area contributed by atoms with Gasteiger partial charge in [0, 0.05) is 61.8 Å². The van der Waals surface area contributed by atoms with Crippen LogP contribution in [-0.4, -0.2) is 160 Å². The van der Waals surface area contributed by atoms with Crippen molar-refractivity contribution in [2.45, 2.75) is 30.6 Å². The molecule has 17 heteroatoms. The number of carbonyl (C=O) groups is 1. The molecule has 0 saturated heterocycles. The second-order valence-corrected chi connectivity index (χ2v) is 21.0. The lowest BCUT2D eigenvalue weighted by atomic mass is 9.90. The van der Waals surface area contributed by atoms with Gasteiger partial charge in [-0.05, 0) is 68.8 Å². The van der Waals surface area contributed by atoms with Crippen molar-refractivity contribution in [2.24, 2.45) is 0 Å². The summed E-state index contributed by atoms with van der Waals surface area (Å²) in [6.07, 6.45) is 1.21. The maximum atomic E-state index is 15.2. The van der Waals surface area contributed by atoms with Crippen molar-refractivity contribution >= 4 is 31.4 Å². The molecular weight excluding hydrogens is 1020 g/mol. The molecule has 1 aliphatic carbocycles. The van der Waals surface area contributed by atoms with Gasteiger partial charge >= 0.3 is 0 Å². The van der Waals surface area contributed by atoms with Crippen molar-refractivity contribution < 1.29 is 70.1 Å². The zero-order valence-electron chi connectivity index (χ0n) is 44.8. The number of fused-ring (bicyclic) bond motifs is 1. The molecule has 3 aliphatic rings. The van der Waals surface area contributed by atoms with E-state index < -0.39 is 15.0 Å². The van der Waals surface area contributed by atoms with E-state index in [1.54, 1.807) is 30.3 Å². The molecule has 12 bridgehead atoms. The smallest absolute Gasteiger partial charge is 0.281 e. The highest BCUT2D eigenvalue weighted by atomic mass is 32.2. The fraction of sp³-hybridized carbons (Fsp3) is 0.426. The lowest BCUT2D eigenvalue weighted by Gasteiger charge is -2.23. The van der Waals surface area contributed by atoms with Crippen LogP contribution in [0.1, 0.15) is 54.9 Å². The Balaban J connectivity index is 1.23. The van der Waals surface area contributed by atoms with Crippen LogP contribution in [0, 0.1) is 0 Å². The number of carbonyl (C=O) groups excluding carboxylic acids is 1. The minimum atomic E-state index is -4.65. The number of sulfone groups is 1. The maximum absolute atomic E-state index is 15.2. The van der Waals surface area contributed by atoms with Crippen LogP contribution in [0.25, 0.3) is 10.8 Å². The van der Waals surface area contributed by atoms with E-state index in [0.29, 0.717) is 138 Å². The fourth-order valence-corrected chi connectivity index (χ4v) is 11.3. The predicted molar refractivity (Wildman–Crippen MR) is 295 cm³/mol. The van der Waals surface area contributed by atoms with Crippen molar-refractivity contribution in [3.05, 3.63) is 153 Å². The number of hydrogen-bond donors (Lipinski definition) is 0. The van der Waals surface area contributed by atoms with E-state index >= 15 is 13.2 Å². The number of para-hydroxylation sites is 3. The van der Waals surface area contributed by atoms with E-state index in [4.69, 9.17) is 56.8 Å². The molecule has 0 radical (unpaired) electrons. The van der Waals surface area contributed by atoms with Crippen molar-refractivity contribution in [3.63, 3.8) is 0 Å². The third-order valence-corrected chi connectivity index (χ3v) is 15.2.